The molecule has 0 spiro atoms. The smallest absolute Gasteiger partial charge is 0.227 e. The molecule has 2 saturated heterocycles. The summed E-state index contributed by atoms with van der Waals surface area (Å²) in [5.74, 6) is 1.97. The summed E-state index contributed by atoms with van der Waals surface area (Å²) < 4.78 is 0. The Labute approximate surface area is 147 Å². The number of anilines is 3. The molecule has 2 aromatic rings. The van der Waals surface area contributed by atoms with Gasteiger partial charge < -0.3 is 14.7 Å². The van der Waals surface area contributed by atoms with E-state index in [1.807, 2.05) is 6.20 Å². The van der Waals surface area contributed by atoms with Crippen LogP contribution in [-0.2, 0) is 0 Å². The quantitative estimate of drug-likeness (QED) is 0.852. The Balaban J connectivity index is 1.47. The highest BCUT2D eigenvalue weighted by atomic mass is 32.1. The Morgan fingerprint density at radius 3 is 2.25 bits per heavy atom. The molecular formula is C17H24N6S. The third-order valence-corrected chi connectivity index (χ3v) is 5.67. The molecule has 6 nitrogen and oxygen atoms in total. The monoisotopic (exact) mass is 344 g/mol. The van der Waals surface area contributed by atoms with Gasteiger partial charge in [-0.15, -0.1) is 11.3 Å². The Bertz CT molecular complexity index is 701. The zero-order chi connectivity index (χ0) is 16.5. The summed E-state index contributed by atoms with van der Waals surface area (Å²) in [6.07, 6.45) is 4.46. The van der Waals surface area contributed by atoms with Crippen molar-refractivity contribution in [2.45, 2.75) is 26.7 Å². The van der Waals surface area contributed by atoms with Crippen LogP contribution in [0.5, 0.6) is 0 Å². The molecule has 0 amide bonds. The highest BCUT2D eigenvalue weighted by molar-refractivity contribution is 7.15. The van der Waals surface area contributed by atoms with E-state index >= 15 is 0 Å². The van der Waals surface area contributed by atoms with Gasteiger partial charge in [-0.25, -0.2) is 9.97 Å². The number of thiazole rings is 1. The predicted octanol–water partition coefficient (Wildman–Crippen LogP) is 2.48. The van der Waals surface area contributed by atoms with Gasteiger partial charge in [0.2, 0.25) is 5.95 Å². The predicted molar refractivity (Wildman–Crippen MR) is 99.5 cm³/mol. The largest absolute Gasteiger partial charge is 0.353 e. The molecular weight excluding hydrogens is 320 g/mol. The minimum Gasteiger partial charge on any atom is -0.353 e. The Morgan fingerprint density at radius 2 is 1.58 bits per heavy atom. The van der Waals surface area contributed by atoms with Crippen LogP contribution in [0, 0.1) is 13.8 Å². The van der Waals surface area contributed by atoms with E-state index in [2.05, 4.69) is 44.6 Å². The van der Waals surface area contributed by atoms with Gasteiger partial charge in [0.05, 0.1) is 0 Å². The SMILES string of the molecule is Cc1cc(N2CCN(c3ncc(C)s3)CC2)nc(N2CCCC2)n1. The molecule has 4 rings (SSSR count). The van der Waals surface area contributed by atoms with Crippen LogP contribution in [0.3, 0.4) is 0 Å². The van der Waals surface area contributed by atoms with Crippen LogP contribution < -0.4 is 14.7 Å². The van der Waals surface area contributed by atoms with E-state index in [0.717, 1.165) is 61.9 Å². The molecule has 0 bridgehead atoms. The van der Waals surface area contributed by atoms with Crippen molar-refractivity contribution in [1.82, 2.24) is 15.0 Å². The fraction of sp³-hybridized carbons (Fsp3) is 0.588. The van der Waals surface area contributed by atoms with Crippen LogP contribution in [-0.4, -0.2) is 54.2 Å². The van der Waals surface area contributed by atoms with Gasteiger partial charge >= 0.3 is 0 Å². The Kier molecular flexibility index (Phi) is 4.26. The second-order valence-electron chi connectivity index (χ2n) is 6.59. The minimum absolute atomic E-state index is 0.903. The molecule has 4 heterocycles. The van der Waals surface area contributed by atoms with Crippen LogP contribution in [0.25, 0.3) is 0 Å². The summed E-state index contributed by atoms with van der Waals surface area (Å²) >= 11 is 1.78. The van der Waals surface area contributed by atoms with Gasteiger partial charge in [-0.1, -0.05) is 0 Å². The molecule has 0 saturated carbocycles. The first-order valence-corrected chi connectivity index (χ1v) is 9.54. The van der Waals surface area contributed by atoms with Gasteiger partial charge in [0, 0.05) is 62.1 Å². The van der Waals surface area contributed by atoms with Crippen LogP contribution in [0.2, 0.25) is 0 Å². The van der Waals surface area contributed by atoms with Crippen molar-refractivity contribution in [3.63, 3.8) is 0 Å². The molecule has 0 aliphatic carbocycles. The van der Waals surface area contributed by atoms with Crippen LogP contribution in [0.15, 0.2) is 12.3 Å². The number of nitrogens with zero attached hydrogens (tertiary/aromatic N) is 6. The molecule has 0 atom stereocenters. The fourth-order valence-electron chi connectivity index (χ4n) is 3.37. The first kappa shape index (κ1) is 15.6. The molecule has 0 radical (unpaired) electrons. The normalized spacial score (nSPS) is 18.5. The molecule has 24 heavy (non-hydrogen) atoms. The molecule has 0 N–H and O–H groups in total. The number of hydrogen-bond acceptors (Lipinski definition) is 7. The van der Waals surface area contributed by atoms with E-state index < -0.39 is 0 Å². The average molecular weight is 344 g/mol. The molecule has 2 aromatic heterocycles. The topological polar surface area (TPSA) is 48.4 Å². The number of hydrogen-bond donors (Lipinski definition) is 0. The Hall–Kier alpha value is -1.89. The van der Waals surface area contributed by atoms with Gasteiger partial charge in [-0.3, -0.25) is 0 Å². The summed E-state index contributed by atoms with van der Waals surface area (Å²) in [6, 6.07) is 2.11. The van der Waals surface area contributed by atoms with E-state index in [9.17, 15) is 0 Å². The fourth-order valence-corrected chi connectivity index (χ4v) is 4.18. The molecule has 0 aromatic carbocycles. The summed E-state index contributed by atoms with van der Waals surface area (Å²) in [5.41, 5.74) is 1.06. The third-order valence-electron chi connectivity index (χ3n) is 4.70. The lowest BCUT2D eigenvalue weighted by atomic mass is 10.3. The van der Waals surface area contributed by atoms with Crippen molar-refractivity contribution in [2.75, 3.05) is 54.0 Å². The first-order chi connectivity index (χ1) is 11.7. The summed E-state index contributed by atoms with van der Waals surface area (Å²) in [7, 11) is 0. The molecule has 2 aliphatic heterocycles. The number of piperazine rings is 1. The summed E-state index contributed by atoms with van der Waals surface area (Å²) in [6.45, 7) is 10.3. The third kappa shape index (κ3) is 3.17. The zero-order valence-electron chi connectivity index (χ0n) is 14.4. The minimum atomic E-state index is 0.903. The number of aryl methyl sites for hydroxylation is 2. The lowest BCUT2D eigenvalue weighted by Gasteiger charge is -2.35. The van der Waals surface area contributed by atoms with Crippen molar-refractivity contribution in [1.29, 1.82) is 0 Å². The molecule has 2 aliphatic rings. The molecule has 128 valence electrons. The molecule has 7 heteroatoms. The van der Waals surface area contributed by atoms with Crippen molar-refractivity contribution in [2.24, 2.45) is 0 Å². The highest BCUT2D eigenvalue weighted by Crippen LogP contribution is 2.25. The van der Waals surface area contributed by atoms with Crippen molar-refractivity contribution >= 4 is 28.2 Å². The van der Waals surface area contributed by atoms with Crippen LogP contribution in [0.4, 0.5) is 16.9 Å². The maximum atomic E-state index is 4.85. The lowest BCUT2D eigenvalue weighted by molar-refractivity contribution is 0.644. The Morgan fingerprint density at radius 1 is 0.875 bits per heavy atom. The van der Waals surface area contributed by atoms with Gasteiger partial charge in [0.1, 0.15) is 5.82 Å². The number of rotatable bonds is 3. The van der Waals surface area contributed by atoms with Gasteiger partial charge in [0.15, 0.2) is 5.13 Å². The highest BCUT2D eigenvalue weighted by Gasteiger charge is 2.22. The van der Waals surface area contributed by atoms with E-state index in [4.69, 9.17) is 4.98 Å². The van der Waals surface area contributed by atoms with Gasteiger partial charge in [-0.2, -0.15) is 4.98 Å². The second kappa shape index (κ2) is 6.55. The van der Waals surface area contributed by atoms with Gasteiger partial charge in [0.25, 0.3) is 0 Å². The van der Waals surface area contributed by atoms with E-state index in [0.29, 0.717) is 0 Å². The maximum absolute atomic E-state index is 4.85. The summed E-state index contributed by atoms with van der Waals surface area (Å²) in [4.78, 5) is 22.3. The first-order valence-electron chi connectivity index (χ1n) is 8.72. The zero-order valence-corrected chi connectivity index (χ0v) is 15.2. The van der Waals surface area contributed by atoms with Crippen LogP contribution in [0.1, 0.15) is 23.4 Å². The maximum Gasteiger partial charge on any atom is 0.227 e. The van der Waals surface area contributed by atoms with Crippen molar-refractivity contribution < 1.29 is 0 Å². The van der Waals surface area contributed by atoms with Crippen molar-refractivity contribution in [3.8, 4) is 0 Å². The summed E-state index contributed by atoms with van der Waals surface area (Å²) in [5, 5.41) is 1.14. The average Bonchev–Trinajstić information content (AvgIpc) is 3.26. The van der Waals surface area contributed by atoms with Gasteiger partial charge in [-0.05, 0) is 26.7 Å². The van der Waals surface area contributed by atoms with Crippen LogP contribution >= 0.6 is 11.3 Å². The molecule has 0 unspecified atom stereocenters. The molecule has 2 fully saturated rings. The lowest BCUT2D eigenvalue weighted by Crippen LogP contribution is -2.47. The number of aromatic nitrogens is 3. The van der Waals surface area contributed by atoms with Crippen molar-refractivity contribution in [3.05, 3.63) is 22.8 Å². The van der Waals surface area contributed by atoms with E-state index in [1.165, 1.54) is 17.7 Å². The van der Waals surface area contributed by atoms with E-state index in [-0.39, 0.29) is 0 Å². The second-order valence-corrected chi connectivity index (χ2v) is 7.80. The standard InChI is InChI=1S/C17H24N6S/c1-13-11-15(20-16(19-13)22-5-3-4-6-22)21-7-9-23(10-8-21)17-18-12-14(2)24-17/h11-12H,3-10H2,1-2H3. The van der Waals surface area contributed by atoms with E-state index in [1.54, 1.807) is 11.3 Å².